The van der Waals surface area contributed by atoms with Crippen molar-refractivity contribution in [3.63, 3.8) is 0 Å². The molecule has 0 aromatic heterocycles. The minimum atomic E-state index is -1.02. The number of hydrogen-bond donors (Lipinski definition) is 3. The van der Waals surface area contributed by atoms with Crippen LogP contribution >= 0.6 is 35.3 Å². The van der Waals surface area contributed by atoms with E-state index < -0.39 is 21.3 Å². The van der Waals surface area contributed by atoms with Crippen LogP contribution in [-0.4, -0.2) is 53.9 Å². The van der Waals surface area contributed by atoms with Crippen LogP contribution in [0.5, 0.6) is 0 Å². The van der Waals surface area contributed by atoms with Gasteiger partial charge in [0.1, 0.15) is 3.41 Å². The van der Waals surface area contributed by atoms with Crippen LogP contribution in [0.25, 0.3) is 0 Å². The molecule has 9 heteroatoms. The molecule has 0 aromatic rings. The van der Waals surface area contributed by atoms with Gasteiger partial charge in [-0.2, -0.15) is 0 Å². The summed E-state index contributed by atoms with van der Waals surface area (Å²) in [5, 5.41) is 25.7. The Morgan fingerprint density at radius 2 is 1.06 bits per heavy atom. The van der Waals surface area contributed by atoms with Gasteiger partial charge in [-0.1, -0.05) is 0 Å². The van der Waals surface area contributed by atoms with Crippen molar-refractivity contribution in [1.82, 2.24) is 0 Å². The van der Waals surface area contributed by atoms with E-state index in [9.17, 15) is 14.4 Å². The average Bonchev–Trinajstić information content (AvgIpc) is 2.21. The lowest BCUT2D eigenvalue weighted by atomic mass is 10.8. The molecular formula is C8H12O6S3. The van der Waals surface area contributed by atoms with Crippen LogP contribution in [0.1, 0.15) is 6.92 Å². The lowest BCUT2D eigenvalue weighted by molar-refractivity contribution is -0.134. The summed E-state index contributed by atoms with van der Waals surface area (Å²) in [6, 6.07) is 0. The van der Waals surface area contributed by atoms with Gasteiger partial charge in [0.25, 0.3) is 0 Å². The number of hydrogen-bond acceptors (Lipinski definition) is 6. The molecule has 98 valence electrons. The van der Waals surface area contributed by atoms with E-state index in [-0.39, 0.29) is 17.3 Å². The third-order valence-corrected chi connectivity index (χ3v) is 6.24. The summed E-state index contributed by atoms with van der Waals surface area (Å²) >= 11 is 3.05. The van der Waals surface area contributed by atoms with Gasteiger partial charge in [0.05, 0.1) is 17.3 Å². The normalized spacial score (nSPS) is 11.1. The Labute approximate surface area is 111 Å². The van der Waals surface area contributed by atoms with E-state index in [1.807, 2.05) is 0 Å². The van der Waals surface area contributed by atoms with Gasteiger partial charge in [0, 0.05) is 0 Å². The van der Waals surface area contributed by atoms with Crippen LogP contribution < -0.4 is 0 Å². The van der Waals surface area contributed by atoms with Gasteiger partial charge in [0.2, 0.25) is 0 Å². The molecule has 0 unspecified atom stereocenters. The number of aliphatic carboxylic acids is 3. The van der Waals surface area contributed by atoms with Crippen LogP contribution in [0, 0.1) is 0 Å². The molecule has 0 saturated heterocycles. The van der Waals surface area contributed by atoms with E-state index in [0.29, 0.717) is 0 Å². The Kier molecular flexibility index (Phi) is 7.48. The first kappa shape index (κ1) is 16.5. The summed E-state index contributed by atoms with van der Waals surface area (Å²) in [5.41, 5.74) is 0. The third kappa shape index (κ3) is 9.19. The van der Waals surface area contributed by atoms with Crippen molar-refractivity contribution in [1.29, 1.82) is 0 Å². The van der Waals surface area contributed by atoms with E-state index in [1.165, 1.54) is 0 Å². The Morgan fingerprint density at radius 3 is 1.24 bits per heavy atom. The molecule has 0 radical (unpaired) electrons. The van der Waals surface area contributed by atoms with Crippen molar-refractivity contribution in [2.24, 2.45) is 0 Å². The van der Waals surface area contributed by atoms with Gasteiger partial charge in [-0.05, 0) is 6.92 Å². The summed E-state index contributed by atoms with van der Waals surface area (Å²) in [4.78, 5) is 31.4. The molecule has 0 fully saturated rings. The van der Waals surface area contributed by atoms with Gasteiger partial charge >= 0.3 is 17.9 Å². The number of carbonyl (C=O) groups is 3. The standard InChI is InChI=1S/C8H12O6S3/c1-8(15-2-5(9)10,16-3-6(11)12)17-4-7(13)14/h2-4H2,1H3,(H,9,10)(H,11,12)(H,13,14). The van der Waals surface area contributed by atoms with Gasteiger partial charge in [0.15, 0.2) is 0 Å². The maximum atomic E-state index is 10.5. The molecule has 0 aliphatic heterocycles. The van der Waals surface area contributed by atoms with Crippen molar-refractivity contribution in [2.45, 2.75) is 10.3 Å². The summed E-state index contributed by atoms with van der Waals surface area (Å²) in [6.07, 6.45) is 0. The Morgan fingerprint density at radius 1 is 0.824 bits per heavy atom. The fourth-order valence-electron chi connectivity index (χ4n) is 0.703. The molecule has 0 saturated carbocycles. The van der Waals surface area contributed by atoms with Crippen molar-refractivity contribution in [3.05, 3.63) is 0 Å². The van der Waals surface area contributed by atoms with Crippen molar-refractivity contribution < 1.29 is 29.7 Å². The topological polar surface area (TPSA) is 112 Å². The van der Waals surface area contributed by atoms with E-state index in [2.05, 4.69) is 0 Å². The highest BCUT2D eigenvalue weighted by Crippen LogP contribution is 2.46. The van der Waals surface area contributed by atoms with Crippen LogP contribution in [0.4, 0.5) is 0 Å². The smallest absolute Gasteiger partial charge is 0.313 e. The first-order chi connectivity index (χ1) is 7.75. The van der Waals surface area contributed by atoms with E-state index in [4.69, 9.17) is 15.3 Å². The number of carboxylic acid groups (broad SMARTS) is 3. The lowest BCUT2D eigenvalue weighted by Crippen LogP contribution is -2.19. The Hall–Kier alpha value is -0.540. The van der Waals surface area contributed by atoms with E-state index >= 15 is 0 Å². The van der Waals surface area contributed by atoms with E-state index in [1.54, 1.807) is 6.92 Å². The highest BCUT2D eigenvalue weighted by molar-refractivity contribution is 8.34. The third-order valence-electron chi connectivity index (χ3n) is 1.37. The Balaban J connectivity index is 4.37. The van der Waals surface area contributed by atoms with Gasteiger partial charge in [-0.15, -0.1) is 35.3 Å². The summed E-state index contributed by atoms with van der Waals surface area (Å²) in [5.74, 6) is -3.66. The molecule has 0 aliphatic carbocycles. The summed E-state index contributed by atoms with van der Waals surface area (Å²) in [6.45, 7) is 1.63. The maximum absolute atomic E-state index is 10.5. The zero-order chi connectivity index (χ0) is 13.5. The van der Waals surface area contributed by atoms with Gasteiger partial charge < -0.3 is 15.3 Å². The highest BCUT2D eigenvalue weighted by atomic mass is 32.3. The molecular weight excluding hydrogens is 288 g/mol. The van der Waals surface area contributed by atoms with Crippen molar-refractivity contribution in [2.75, 3.05) is 17.3 Å². The average molecular weight is 300 g/mol. The second kappa shape index (κ2) is 7.72. The molecule has 3 N–H and O–H groups in total. The van der Waals surface area contributed by atoms with Crippen molar-refractivity contribution in [3.8, 4) is 0 Å². The fourth-order valence-corrected chi connectivity index (χ4v) is 3.92. The minimum Gasteiger partial charge on any atom is -0.481 e. The first-order valence-electron chi connectivity index (χ1n) is 4.32. The predicted octanol–water partition coefficient (Wildman–Crippen LogP) is 1.11. The zero-order valence-electron chi connectivity index (χ0n) is 8.91. The predicted molar refractivity (Wildman–Crippen MR) is 68.7 cm³/mol. The Bertz CT molecular complexity index is 260. The SMILES string of the molecule is CC(SCC(=O)O)(SCC(=O)O)SCC(=O)O. The minimum absolute atomic E-state index is 0.199. The van der Waals surface area contributed by atoms with E-state index in [0.717, 1.165) is 35.3 Å². The van der Waals surface area contributed by atoms with Crippen LogP contribution in [0.2, 0.25) is 0 Å². The van der Waals surface area contributed by atoms with Crippen LogP contribution in [0.3, 0.4) is 0 Å². The van der Waals surface area contributed by atoms with Crippen molar-refractivity contribution >= 4 is 53.2 Å². The quantitative estimate of drug-likeness (QED) is 0.539. The molecule has 0 amide bonds. The monoisotopic (exact) mass is 300 g/mol. The molecule has 0 heterocycles. The number of carboxylic acids is 3. The second-order valence-electron chi connectivity index (χ2n) is 2.91. The molecule has 0 rings (SSSR count). The van der Waals surface area contributed by atoms with Crippen LogP contribution in [-0.2, 0) is 14.4 Å². The number of rotatable bonds is 9. The summed E-state index contributed by atoms with van der Waals surface area (Å²) in [7, 11) is 0. The van der Waals surface area contributed by atoms with Crippen LogP contribution in [0.15, 0.2) is 0 Å². The maximum Gasteiger partial charge on any atom is 0.313 e. The molecule has 0 atom stereocenters. The molecule has 0 aliphatic rings. The first-order valence-corrected chi connectivity index (χ1v) is 7.28. The number of thioether (sulfide) groups is 3. The molecule has 0 aromatic carbocycles. The van der Waals surface area contributed by atoms with Gasteiger partial charge in [-0.25, -0.2) is 0 Å². The largest absolute Gasteiger partial charge is 0.481 e. The molecule has 0 bridgehead atoms. The highest BCUT2D eigenvalue weighted by Gasteiger charge is 2.29. The summed E-state index contributed by atoms with van der Waals surface area (Å²) < 4.78 is -0.796. The molecule has 0 spiro atoms. The van der Waals surface area contributed by atoms with Gasteiger partial charge in [-0.3, -0.25) is 14.4 Å². The lowest BCUT2D eigenvalue weighted by Gasteiger charge is -2.25. The molecule has 6 nitrogen and oxygen atoms in total. The molecule has 17 heavy (non-hydrogen) atoms. The fraction of sp³-hybridized carbons (Fsp3) is 0.625. The zero-order valence-corrected chi connectivity index (χ0v) is 11.4. The second-order valence-corrected chi connectivity index (χ2v) is 7.87.